The molecule has 1 fully saturated rings. The van der Waals surface area contributed by atoms with Crippen molar-refractivity contribution in [2.75, 3.05) is 6.54 Å². The number of nitrogens with one attached hydrogen (secondary N) is 1. The predicted octanol–water partition coefficient (Wildman–Crippen LogP) is 2.31. The number of fused-ring (bicyclic) bond motifs is 1. The number of aromatic nitrogens is 1. The Morgan fingerprint density at radius 1 is 1.45 bits per heavy atom. The summed E-state index contributed by atoms with van der Waals surface area (Å²) in [4.78, 5) is 18.2. The van der Waals surface area contributed by atoms with E-state index in [2.05, 4.69) is 41.2 Å². The van der Waals surface area contributed by atoms with Crippen LogP contribution in [0.3, 0.4) is 0 Å². The molecular weight excluding hydrogens is 250 g/mol. The van der Waals surface area contributed by atoms with Gasteiger partial charge in [-0.3, -0.25) is 9.78 Å². The molecule has 1 aromatic rings. The Morgan fingerprint density at radius 2 is 2.30 bits per heavy atom. The molecule has 0 aliphatic carbocycles. The van der Waals surface area contributed by atoms with E-state index in [1.165, 1.54) is 5.57 Å². The van der Waals surface area contributed by atoms with Crippen LogP contribution in [-0.2, 0) is 4.79 Å². The molecule has 20 heavy (non-hydrogen) atoms. The first-order valence-electron chi connectivity index (χ1n) is 7.05. The minimum atomic E-state index is 0.107. The topological polar surface area (TPSA) is 45.2 Å². The maximum atomic E-state index is 11.7. The van der Waals surface area contributed by atoms with E-state index < -0.39 is 0 Å². The zero-order valence-corrected chi connectivity index (χ0v) is 11.9. The average Bonchev–Trinajstić information content (AvgIpc) is 2.58. The van der Waals surface area contributed by atoms with Crippen LogP contribution in [0.15, 0.2) is 42.0 Å². The van der Waals surface area contributed by atoms with Gasteiger partial charge in [0.1, 0.15) is 5.82 Å². The largest absolute Gasteiger partial charge is 0.354 e. The molecule has 2 aliphatic rings. The normalized spacial score (nSPS) is 22.9. The molecule has 0 radical (unpaired) electrons. The van der Waals surface area contributed by atoms with Crippen LogP contribution < -0.4 is 5.32 Å². The second-order valence-corrected chi connectivity index (χ2v) is 5.41. The van der Waals surface area contributed by atoms with E-state index in [0.717, 1.165) is 29.9 Å². The lowest BCUT2D eigenvalue weighted by atomic mass is 9.99. The molecule has 0 saturated carbocycles. The van der Waals surface area contributed by atoms with Crippen molar-refractivity contribution in [1.29, 1.82) is 0 Å². The molecular formula is C16H19N3O. The van der Waals surface area contributed by atoms with Gasteiger partial charge in [0, 0.05) is 37.0 Å². The van der Waals surface area contributed by atoms with E-state index in [4.69, 9.17) is 0 Å². The fourth-order valence-corrected chi connectivity index (χ4v) is 2.90. The summed E-state index contributed by atoms with van der Waals surface area (Å²) in [5.41, 5.74) is 3.39. The van der Waals surface area contributed by atoms with Crippen LogP contribution in [0.4, 0.5) is 0 Å². The standard InChI is InChI=1S/C16H19N3O/c1-11-5-6-14(13-4-3-8-17-10-13)12(2)16-18-15(20)7-9-19(11)16/h3-4,6,8,10-11H,5,7,9H2,1-2H3,(H,18,20). The summed E-state index contributed by atoms with van der Waals surface area (Å²) in [6, 6.07) is 4.41. The van der Waals surface area contributed by atoms with Crippen molar-refractivity contribution in [3.05, 3.63) is 47.6 Å². The number of carbonyl (C=O) groups excluding carboxylic acids is 1. The summed E-state index contributed by atoms with van der Waals surface area (Å²) in [5, 5.41) is 3.04. The van der Waals surface area contributed by atoms with Crippen LogP contribution in [0.1, 0.15) is 32.3 Å². The van der Waals surface area contributed by atoms with E-state index in [1.807, 2.05) is 12.3 Å². The lowest BCUT2D eigenvalue weighted by molar-refractivity contribution is -0.122. The average molecular weight is 269 g/mol. The quantitative estimate of drug-likeness (QED) is 0.851. The number of amides is 1. The molecule has 4 heteroatoms. The summed E-state index contributed by atoms with van der Waals surface area (Å²) in [6.07, 6.45) is 7.46. The molecule has 3 heterocycles. The highest BCUT2D eigenvalue weighted by atomic mass is 16.2. The van der Waals surface area contributed by atoms with Gasteiger partial charge in [-0.25, -0.2) is 0 Å². The zero-order chi connectivity index (χ0) is 14.1. The molecule has 4 nitrogen and oxygen atoms in total. The fourth-order valence-electron chi connectivity index (χ4n) is 2.90. The minimum absolute atomic E-state index is 0.107. The third kappa shape index (κ3) is 2.22. The van der Waals surface area contributed by atoms with E-state index in [9.17, 15) is 4.79 Å². The lowest BCUT2D eigenvalue weighted by Crippen LogP contribution is -2.46. The maximum Gasteiger partial charge on any atom is 0.227 e. The van der Waals surface area contributed by atoms with Crippen molar-refractivity contribution in [3.63, 3.8) is 0 Å². The molecule has 1 amide bonds. The van der Waals surface area contributed by atoms with Crippen molar-refractivity contribution >= 4 is 11.5 Å². The van der Waals surface area contributed by atoms with Crippen molar-refractivity contribution in [1.82, 2.24) is 15.2 Å². The summed E-state index contributed by atoms with van der Waals surface area (Å²) in [5.74, 6) is 1.07. The second-order valence-electron chi connectivity index (χ2n) is 5.41. The van der Waals surface area contributed by atoms with Crippen LogP contribution in [0, 0.1) is 0 Å². The Bertz CT molecular complexity index is 589. The summed E-state index contributed by atoms with van der Waals surface area (Å²) in [6.45, 7) is 5.08. The molecule has 1 aromatic heterocycles. The first-order chi connectivity index (χ1) is 9.66. The number of hydrogen-bond acceptors (Lipinski definition) is 3. The minimum Gasteiger partial charge on any atom is -0.354 e. The van der Waals surface area contributed by atoms with Crippen molar-refractivity contribution < 1.29 is 4.79 Å². The van der Waals surface area contributed by atoms with E-state index in [0.29, 0.717) is 12.5 Å². The maximum absolute atomic E-state index is 11.7. The Labute approximate surface area is 119 Å². The van der Waals surface area contributed by atoms with Crippen molar-refractivity contribution in [2.45, 2.75) is 32.7 Å². The Morgan fingerprint density at radius 3 is 3.05 bits per heavy atom. The SMILES string of the molecule is CC1=C2NC(=O)CCN2C(C)CC=C1c1cccnc1. The van der Waals surface area contributed by atoms with Crippen molar-refractivity contribution in [3.8, 4) is 0 Å². The van der Waals surface area contributed by atoms with Gasteiger partial charge >= 0.3 is 0 Å². The van der Waals surface area contributed by atoms with E-state index >= 15 is 0 Å². The van der Waals surface area contributed by atoms with Crippen LogP contribution in [0.25, 0.3) is 5.57 Å². The summed E-state index contributed by atoms with van der Waals surface area (Å²) >= 11 is 0. The lowest BCUT2D eigenvalue weighted by Gasteiger charge is -2.36. The highest BCUT2D eigenvalue weighted by Crippen LogP contribution is 2.32. The first kappa shape index (κ1) is 12.9. The summed E-state index contributed by atoms with van der Waals surface area (Å²) < 4.78 is 0. The summed E-state index contributed by atoms with van der Waals surface area (Å²) in [7, 11) is 0. The monoisotopic (exact) mass is 269 g/mol. The van der Waals surface area contributed by atoms with Gasteiger partial charge < -0.3 is 10.2 Å². The van der Waals surface area contributed by atoms with Gasteiger partial charge in [-0.2, -0.15) is 0 Å². The number of carbonyl (C=O) groups is 1. The molecule has 0 spiro atoms. The van der Waals surface area contributed by atoms with Crippen LogP contribution in [0.2, 0.25) is 0 Å². The molecule has 1 unspecified atom stereocenters. The van der Waals surface area contributed by atoms with Gasteiger partial charge in [0.25, 0.3) is 0 Å². The number of hydrogen-bond donors (Lipinski definition) is 1. The molecule has 1 N–H and O–H groups in total. The van der Waals surface area contributed by atoms with Crippen LogP contribution in [-0.4, -0.2) is 28.4 Å². The Kier molecular flexibility index (Phi) is 3.30. The van der Waals surface area contributed by atoms with Gasteiger partial charge in [-0.15, -0.1) is 0 Å². The molecule has 1 atom stereocenters. The molecule has 3 rings (SSSR count). The van der Waals surface area contributed by atoms with Gasteiger partial charge in [0.15, 0.2) is 0 Å². The molecule has 104 valence electrons. The zero-order valence-electron chi connectivity index (χ0n) is 11.9. The highest BCUT2D eigenvalue weighted by Gasteiger charge is 2.28. The Hall–Kier alpha value is -2.10. The highest BCUT2D eigenvalue weighted by molar-refractivity contribution is 5.84. The van der Waals surface area contributed by atoms with E-state index in [1.54, 1.807) is 6.20 Å². The Balaban J connectivity index is 2.07. The van der Waals surface area contributed by atoms with E-state index in [-0.39, 0.29) is 5.91 Å². The number of pyridine rings is 1. The second kappa shape index (κ2) is 5.12. The molecule has 1 saturated heterocycles. The van der Waals surface area contributed by atoms with Crippen molar-refractivity contribution in [2.24, 2.45) is 0 Å². The van der Waals surface area contributed by atoms with Gasteiger partial charge in [-0.05, 0) is 37.5 Å². The molecule has 0 aromatic carbocycles. The first-order valence-corrected chi connectivity index (χ1v) is 7.05. The third-order valence-electron chi connectivity index (χ3n) is 4.05. The predicted molar refractivity (Wildman–Crippen MR) is 78.5 cm³/mol. The number of allylic oxidation sites excluding steroid dienone is 2. The van der Waals surface area contributed by atoms with Gasteiger partial charge in [-0.1, -0.05) is 12.1 Å². The van der Waals surface area contributed by atoms with Gasteiger partial charge in [0.2, 0.25) is 5.91 Å². The smallest absolute Gasteiger partial charge is 0.227 e. The third-order valence-corrected chi connectivity index (χ3v) is 4.05. The molecule has 0 bridgehead atoms. The fraction of sp³-hybridized carbons (Fsp3) is 0.375. The molecule has 2 aliphatic heterocycles. The van der Waals surface area contributed by atoms with Gasteiger partial charge in [0.05, 0.1) is 0 Å². The number of rotatable bonds is 1. The van der Waals surface area contributed by atoms with Crippen LogP contribution in [0.5, 0.6) is 0 Å². The number of nitrogens with zero attached hydrogens (tertiary/aromatic N) is 2. The van der Waals surface area contributed by atoms with Crippen LogP contribution >= 0.6 is 0 Å².